The molecule has 1 unspecified atom stereocenters. The third-order valence-corrected chi connectivity index (χ3v) is 3.00. The van der Waals surface area contributed by atoms with Crippen LogP contribution in [0.25, 0.3) is 0 Å². The maximum Gasteiger partial charge on any atom is 0.305 e. The molecule has 15 heavy (non-hydrogen) atoms. The Balaban J connectivity index is 2.20. The fourth-order valence-electron chi connectivity index (χ4n) is 2.22. The van der Waals surface area contributed by atoms with Gasteiger partial charge in [0.15, 0.2) is 0 Å². The predicted octanol–water partition coefficient (Wildman–Crippen LogP) is 1.80. The molecule has 1 aliphatic carbocycles. The Kier molecular flexibility index (Phi) is 2.75. The lowest BCUT2D eigenvalue weighted by molar-refractivity contribution is -0.137. The van der Waals surface area contributed by atoms with Gasteiger partial charge in [0.25, 0.3) is 0 Å². The van der Waals surface area contributed by atoms with Gasteiger partial charge in [0.05, 0.1) is 18.4 Å². The van der Waals surface area contributed by atoms with E-state index < -0.39 is 5.97 Å². The van der Waals surface area contributed by atoms with Crippen molar-refractivity contribution in [2.24, 2.45) is 0 Å². The van der Waals surface area contributed by atoms with Crippen molar-refractivity contribution in [1.82, 2.24) is 9.55 Å². The van der Waals surface area contributed by atoms with Crippen LogP contribution in [0.15, 0.2) is 6.33 Å². The quantitative estimate of drug-likeness (QED) is 0.824. The molecule has 1 aromatic rings. The van der Waals surface area contributed by atoms with Gasteiger partial charge in [-0.05, 0) is 32.6 Å². The summed E-state index contributed by atoms with van der Waals surface area (Å²) in [5, 5.41) is 8.75. The summed E-state index contributed by atoms with van der Waals surface area (Å²) >= 11 is 0. The van der Waals surface area contributed by atoms with E-state index in [-0.39, 0.29) is 12.5 Å². The topological polar surface area (TPSA) is 55.1 Å². The summed E-state index contributed by atoms with van der Waals surface area (Å²) in [5.74, 6) is -0.749. The number of carboxylic acids is 1. The minimum atomic E-state index is -0.749. The Morgan fingerprint density at radius 1 is 1.60 bits per heavy atom. The van der Waals surface area contributed by atoms with Crippen LogP contribution in [0.3, 0.4) is 0 Å². The van der Waals surface area contributed by atoms with E-state index in [1.807, 2.05) is 11.5 Å². The number of carboxylic acid groups (broad SMARTS) is 1. The molecule has 1 heterocycles. The fraction of sp³-hybridized carbons (Fsp3) is 0.636. The normalized spacial score (nSPS) is 17.1. The van der Waals surface area contributed by atoms with Crippen molar-refractivity contribution < 1.29 is 9.90 Å². The highest BCUT2D eigenvalue weighted by Crippen LogP contribution is 2.23. The average Bonchev–Trinajstić information content (AvgIpc) is 2.59. The molecule has 1 N–H and O–H groups in total. The lowest BCUT2D eigenvalue weighted by Gasteiger charge is -2.18. The Morgan fingerprint density at radius 3 is 3.07 bits per heavy atom. The molecule has 2 rings (SSSR count). The monoisotopic (exact) mass is 208 g/mol. The van der Waals surface area contributed by atoms with Crippen molar-refractivity contribution in [3.8, 4) is 0 Å². The molecule has 0 saturated heterocycles. The number of aromatic nitrogens is 2. The van der Waals surface area contributed by atoms with Crippen LogP contribution < -0.4 is 0 Å². The van der Waals surface area contributed by atoms with Crippen molar-refractivity contribution >= 4 is 5.97 Å². The van der Waals surface area contributed by atoms with Gasteiger partial charge in [-0.15, -0.1) is 0 Å². The van der Waals surface area contributed by atoms with Crippen LogP contribution in [0.4, 0.5) is 0 Å². The van der Waals surface area contributed by atoms with Crippen LogP contribution >= 0.6 is 0 Å². The number of aryl methyl sites for hydroxylation is 1. The smallest absolute Gasteiger partial charge is 0.305 e. The number of imidazole rings is 1. The molecule has 82 valence electrons. The van der Waals surface area contributed by atoms with Gasteiger partial charge in [0.2, 0.25) is 0 Å². The Morgan fingerprint density at radius 2 is 2.33 bits per heavy atom. The predicted molar refractivity (Wildman–Crippen MR) is 55.8 cm³/mol. The van der Waals surface area contributed by atoms with Crippen molar-refractivity contribution in [2.45, 2.75) is 45.1 Å². The van der Waals surface area contributed by atoms with E-state index in [2.05, 4.69) is 4.98 Å². The highest BCUT2D eigenvalue weighted by Gasteiger charge is 2.19. The molecular formula is C11H16N2O2. The zero-order chi connectivity index (χ0) is 10.8. The van der Waals surface area contributed by atoms with Crippen LogP contribution in [0.5, 0.6) is 0 Å². The number of nitrogens with zero attached hydrogens (tertiary/aromatic N) is 2. The first-order valence-electron chi connectivity index (χ1n) is 5.45. The summed E-state index contributed by atoms with van der Waals surface area (Å²) in [7, 11) is 0. The van der Waals surface area contributed by atoms with Crippen LogP contribution in [-0.2, 0) is 17.6 Å². The SMILES string of the molecule is CC(CC(=O)O)n1cnc2c1CCCC2. The molecule has 0 fully saturated rings. The Labute approximate surface area is 88.9 Å². The van der Waals surface area contributed by atoms with Crippen LogP contribution in [0.2, 0.25) is 0 Å². The Bertz CT molecular complexity index is 371. The molecule has 0 saturated carbocycles. The molecule has 0 spiro atoms. The molecule has 0 bridgehead atoms. The van der Waals surface area contributed by atoms with Crippen LogP contribution in [-0.4, -0.2) is 20.6 Å². The van der Waals surface area contributed by atoms with E-state index in [0.29, 0.717) is 0 Å². The fourth-order valence-corrected chi connectivity index (χ4v) is 2.22. The minimum Gasteiger partial charge on any atom is -0.481 e. The van der Waals surface area contributed by atoms with Gasteiger partial charge in [0, 0.05) is 11.7 Å². The van der Waals surface area contributed by atoms with Gasteiger partial charge in [-0.2, -0.15) is 0 Å². The second-order valence-electron chi connectivity index (χ2n) is 4.20. The van der Waals surface area contributed by atoms with Crippen molar-refractivity contribution in [2.75, 3.05) is 0 Å². The van der Waals surface area contributed by atoms with E-state index in [1.54, 1.807) is 6.33 Å². The second kappa shape index (κ2) is 4.04. The number of aliphatic carboxylic acids is 1. The zero-order valence-electron chi connectivity index (χ0n) is 8.94. The van der Waals surface area contributed by atoms with Gasteiger partial charge in [0.1, 0.15) is 0 Å². The number of fused-ring (bicyclic) bond motifs is 1. The van der Waals surface area contributed by atoms with E-state index in [9.17, 15) is 4.79 Å². The first-order valence-corrected chi connectivity index (χ1v) is 5.45. The van der Waals surface area contributed by atoms with Crippen LogP contribution in [0.1, 0.15) is 43.6 Å². The maximum atomic E-state index is 10.6. The van der Waals surface area contributed by atoms with Gasteiger partial charge in [-0.25, -0.2) is 4.98 Å². The third kappa shape index (κ3) is 2.03. The highest BCUT2D eigenvalue weighted by molar-refractivity contribution is 5.67. The second-order valence-corrected chi connectivity index (χ2v) is 4.20. The lowest BCUT2D eigenvalue weighted by Crippen LogP contribution is -2.14. The molecule has 0 amide bonds. The van der Waals surface area contributed by atoms with Gasteiger partial charge >= 0.3 is 5.97 Å². The summed E-state index contributed by atoms with van der Waals surface area (Å²) in [6.07, 6.45) is 6.45. The van der Waals surface area contributed by atoms with E-state index >= 15 is 0 Å². The number of carbonyl (C=O) groups is 1. The molecule has 0 aromatic carbocycles. The summed E-state index contributed by atoms with van der Waals surface area (Å²) in [4.78, 5) is 15.0. The lowest BCUT2D eigenvalue weighted by atomic mass is 10.0. The largest absolute Gasteiger partial charge is 0.481 e. The molecule has 1 atom stereocenters. The minimum absolute atomic E-state index is 0.0110. The van der Waals surface area contributed by atoms with E-state index in [1.165, 1.54) is 24.2 Å². The molecule has 0 radical (unpaired) electrons. The van der Waals surface area contributed by atoms with E-state index in [4.69, 9.17) is 5.11 Å². The third-order valence-electron chi connectivity index (χ3n) is 3.00. The molecule has 1 aliphatic rings. The highest BCUT2D eigenvalue weighted by atomic mass is 16.4. The maximum absolute atomic E-state index is 10.6. The summed E-state index contributed by atoms with van der Waals surface area (Å²) in [6, 6.07) is 0.0110. The first-order chi connectivity index (χ1) is 7.18. The molecule has 4 heteroatoms. The number of rotatable bonds is 3. The summed E-state index contributed by atoms with van der Waals surface area (Å²) in [5.41, 5.74) is 2.41. The van der Waals surface area contributed by atoms with Gasteiger partial charge < -0.3 is 9.67 Å². The van der Waals surface area contributed by atoms with E-state index in [0.717, 1.165) is 12.8 Å². The standard InChI is InChI=1S/C11H16N2O2/c1-8(6-11(14)15)13-7-12-9-4-2-3-5-10(9)13/h7-8H,2-6H2,1H3,(H,14,15). The summed E-state index contributed by atoms with van der Waals surface area (Å²) in [6.45, 7) is 1.94. The Hall–Kier alpha value is -1.32. The average molecular weight is 208 g/mol. The molecule has 4 nitrogen and oxygen atoms in total. The number of hydrogen-bond donors (Lipinski definition) is 1. The molecular weight excluding hydrogens is 192 g/mol. The van der Waals surface area contributed by atoms with Crippen molar-refractivity contribution in [1.29, 1.82) is 0 Å². The van der Waals surface area contributed by atoms with Gasteiger partial charge in [-0.3, -0.25) is 4.79 Å². The van der Waals surface area contributed by atoms with Crippen LogP contribution in [0, 0.1) is 0 Å². The molecule has 0 aliphatic heterocycles. The first kappa shape index (κ1) is 10.2. The van der Waals surface area contributed by atoms with Crippen molar-refractivity contribution in [3.05, 3.63) is 17.7 Å². The van der Waals surface area contributed by atoms with Crippen molar-refractivity contribution in [3.63, 3.8) is 0 Å². The summed E-state index contributed by atoms with van der Waals surface area (Å²) < 4.78 is 2.03. The van der Waals surface area contributed by atoms with Gasteiger partial charge in [-0.1, -0.05) is 0 Å². The zero-order valence-corrected chi connectivity index (χ0v) is 8.94. The molecule has 1 aromatic heterocycles. The number of hydrogen-bond acceptors (Lipinski definition) is 2.